The molecule has 1 aromatic heterocycles. The van der Waals surface area contributed by atoms with E-state index in [0.29, 0.717) is 32.0 Å². The van der Waals surface area contributed by atoms with Crippen molar-refractivity contribution in [3.05, 3.63) is 39.2 Å². The fraction of sp³-hybridized carbons (Fsp3) is 0. The number of nitrogens with zero attached hydrogens (tertiary/aromatic N) is 2. The lowest BCUT2D eigenvalue weighted by Crippen LogP contribution is -2.15. The van der Waals surface area contributed by atoms with Gasteiger partial charge in [-0.2, -0.15) is 0 Å². The largest absolute Gasteiger partial charge is 0.399 e. The topological polar surface area (TPSA) is 107 Å². The Morgan fingerprint density at radius 3 is 2.63 bits per heavy atom. The van der Waals surface area contributed by atoms with Crippen molar-refractivity contribution in [1.29, 1.82) is 0 Å². The fourth-order valence-electron chi connectivity index (χ4n) is 1.39. The number of carbonyl (C=O) groups is 1. The highest BCUT2D eigenvalue weighted by molar-refractivity contribution is 9.11. The number of nitrogens with one attached hydrogen (secondary N) is 1. The van der Waals surface area contributed by atoms with Gasteiger partial charge in [0.15, 0.2) is 5.82 Å². The Hall–Kier alpha value is -1.67. The summed E-state index contributed by atoms with van der Waals surface area (Å²) in [5, 5.41) is 2.61. The van der Waals surface area contributed by atoms with E-state index in [1.807, 2.05) is 0 Å². The first-order chi connectivity index (χ1) is 8.97. The van der Waals surface area contributed by atoms with Crippen molar-refractivity contribution in [2.24, 2.45) is 0 Å². The first-order valence-corrected chi connectivity index (χ1v) is 6.70. The summed E-state index contributed by atoms with van der Waals surface area (Å²) in [5.41, 5.74) is 12.4. The molecular weight excluding hydrogens is 378 g/mol. The van der Waals surface area contributed by atoms with Crippen LogP contribution in [0.1, 0.15) is 10.4 Å². The molecule has 1 aromatic carbocycles. The van der Waals surface area contributed by atoms with Crippen LogP contribution in [0, 0.1) is 0 Å². The first kappa shape index (κ1) is 13.8. The van der Waals surface area contributed by atoms with Gasteiger partial charge in [-0.1, -0.05) is 0 Å². The third-order valence-electron chi connectivity index (χ3n) is 2.25. The second-order valence-corrected chi connectivity index (χ2v) is 5.20. The van der Waals surface area contributed by atoms with Gasteiger partial charge in [0, 0.05) is 11.4 Å². The highest BCUT2D eigenvalue weighted by Crippen LogP contribution is 2.22. The van der Waals surface area contributed by atoms with Crippen molar-refractivity contribution in [3.63, 3.8) is 0 Å². The van der Waals surface area contributed by atoms with Crippen molar-refractivity contribution in [1.82, 2.24) is 9.97 Å². The van der Waals surface area contributed by atoms with Crippen LogP contribution in [-0.4, -0.2) is 15.9 Å². The van der Waals surface area contributed by atoms with Crippen molar-refractivity contribution < 1.29 is 4.79 Å². The summed E-state index contributed by atoms with van der Waals surface area (Å²) < 4.78 is 0.980. The normalized spacial score (nSPS) is 10.2. The van der Waals surface area contributed by atoms with E-state index in [0.717, 1.165) is 0 Å². The monoisotopic (exact) mass is 385 g/mol. The summed E-state index contributed by atoms with van der Waals surface area (Å²) in [4.78, 5) is 20.1. The predicted octanol–water partition coefficient (Wildman–Crippen LogP) is 2.42. The van der Waals surface area contributed by atoms with Gasteiger partial charge in [0.2, 0.25) is 0 Å². The van der Waals surface area contributed by atoms with Gasteiger partial charge in [-0.15, -0.1) is 0 Å². The van der Waals surface area contributed by atoms with Gasteiger partial charge in [0.05, 0.1) is 11.8 Å². The van der Waals surface area contributed by atoms with Gasteiger partial charge in [0.1, 0.15) is 9.21 Å². The minimum Gasteiger partial charge on any atom is -0.399 e. The van der Waals surface area contributed by atoms with Gasteiger partial charge in [-0.05, 0) is 50.1 Å². The number of carbonyl (C=O) groups excluding carboxylic acids is 1. The number of hydrogen-bond acceptors (Lipinski definition) is 5. The first-order valence-electron chi connectivity index (χ1n) is 5.12. The molecule has 0 saturated heterocycles. The minimum absolute atomic E-state index is 0.304. The van der Waals surface area contributed by atoms with Crippen LogP contribution >= 0.6 is 31.9 Å². The molecule has 0 aliphatic rings. The van der Waals surface area contributed by atoms with E-state index in [4.69, 9.17) is 11.5 Å². The molecule has 0 atom stereocenters. The average Bonchev–Trinajstić information content (AvgIpc) is 2.32. The van der Waals surface area contributed by atoms with Crippen molar-refractivity contribution in [2.45, 2.75) is 0 Å². The SMILES string of the molecule is Nc1ccc(C(=O)Nc2ncc(Br)nc2Br)c(N)c1. The second-order valence-electron chi connectivity index (χ2n) is 3.63. The number of nitrogens with two attached hydrogens (primary N) is 2. The molecule has 0 saturated carbocycles. The number of rotatable bonds is 2. The summed E-state index contributed by atoms with van der Waals surface area (Å²) in [6.45, 7) is 0. The van der Waals surface area contributed by atoms with E-state index < -0.39 is 0 Å². The number of aromatic nitrogens is 2. The number of amides is 1. The number of benzene rings is 1. The summed E-state index contributed by atoms with van der Waals surface area (Å²) in [5.74, 6) is -0.0701. The van der Waals surface area contributed by atoms with E-state index >= 15 is 0 Å². The summed E-state index contributed by atoms with van der Waals surface area (Å²) in [7, 11) is 0. The average molecular weight is 387 g/mol. The maximum absolute atomic E-state index is 12.1. The van der Waals surface area contributed by atoms with E-state index in [1.165, 1.54) is 12.3 Å². The zero-order valence-electron chi connectivity index (χ0n) is 9.52. The molecule has 19 heavy (non-hydrogen) atoms. The molecule has 0 radical (unpaired) electrons. The quantitative estimate of drug-likeness (QED) is 0.687. The molecule has 1 heterocycles. The molecule has 0 bridgehead atoms. The van der Waals surface area contributed by atoms with Crippen molar-refractivity contribution in [2.75, 3.05) is 16.8 Å². The van der Waals surface area contributed by atoms with Crippen LogP contribution in [0.2, 0.25) is 0 Å². The van der Waals surface area contributed by atoms with E-state index in [-0.39, 0.29) is 5.91 Å². The highest BCUT2D eigenvalue weighted by atomic mass is 79.9. The van der Waals surface area contributed by atoms with Crippen molar-refractivity contribution in [3.8, 4) is 0 Å². The molecule has 2 aromatic rings. The number of nitrogen functional groups attached to an aromatic ring is 2. The maximum Gasteiger partial charge on any atom is 0.258 e. The summed E-state index contributed by atoms with van der Waals surface area (Å²) >= 11 is 6.39. The van der Waals surface area contributed by atoms with E-state index in [2.05, 4.69) is 47.1 Å². The Bertz CT molecular complexity index is 647. The Morgan fingerprint density at radius 2 is 2.00 bits per heavy atom. The van der Waals surface area contributed by atoms with E-state index in [1.54, 1.807) is 12.1 Å². The molecule has 2 rings (SSSR count). The van der Waals surface area contributed by atoms with Crippen LogP contribution in [0.25, 0.3) is 0 Å². The van der Waals surface area contributed by atoms with Gasteiger partial charge >= 0.3 is 0 Å². The van der Waals surface area contributed by atoms with E-state index in [9.17, 15) is 4.79 Å². The van der Waals surface area contributed by atoms with Crippen LogP contribution in [-0.2, 0) is 0 Å². The molecule has 0 aliphatic heterocycles. The number of hydrogen-bond donors (Lipinski definition) is 3. The third-order valence-corrected chi connectivity index (χ3v) is 3.19. The summed E-state index contributed by atoms with van der Waals surface area (Å²) in [6.07, 6.45) is 1.48. The van der Waals surface area contributed by atoms with Crippen LogP contribution < -0.4 is 16.8 Å². The molecule has 0 aliphatic carbocycles. The molecule has 5 N–H and O–H groups in total. The van der Waals surface area contributed by atoms with Crippen LogP contribution in [0.4, 0.5) is 17.2 Å². The van der Waals surface area contributed by atoms with Crippen LogP contribution in [0.3, 0.4) is 0 Å². The van der Waals surface area contributed by atoms with Gasteiger partial charge in [0.25, 0.3) is 5.91 Å². The van der Waals surface area contributed by atoms with Gasteiger partial charge < -0.3 is 16.8 Å². The maximum atomic E-state index is 12.1. The highest BCUT2D eigenvalue weighted by Gasteiger charge is 2.13. The summed E-state index contributed by atoms with van der Waals surface area (Å²) in [6, 6.07) is 4.69. The smallest absolute Gasteiger partial charge is 0.258 e. The molecule has 0 unspecified atom stereocenters. The zero-order chi connectivity index (χ0) is 14.0. The third kappa shape index (κ3) is 3.21. The molecular formula is C11H9Br2N5O. The van der Waals surface area contributed by atoms with Crippen LogP contribution in [0.5, 0.6) is 0 Å². The molecule has 0 fully saturated rings. The van der Waals surface area contributed by atoms with Crippen molar-refractivity contribution >= 4 is 55.0 Å². The van der Waals surface area contributed by atoms with Gasteiger partial charge in [-0.25, -0.2) is 9.97 Å². The minimum atomic E-state index is -0.380. The predicted molar refractivity (Wildman–Crippen MR) is 80.7 cm³/mol. The molecule has 0 spiro atoms. The van der Waals surface area contributed by atoms with Crippen LogP contribution in [0.15, 0.2) is 33.6 Å². The lowest BCUT2D eigenvalue weighted by Gasteiger charge is -2.08. The Morgan fingerprint density at radius 1 is 1.26 bits per heavy atom. The Labute approximate surface area is 125 Å². The lowest BCUT2D eigenvalue weighted by molar-refractivity contribution is 0.102. The standard InChI is InChI=1S/C11H9Br2N5O/c12-8-4-16-10(9(13)17-8)18-11(19)6-2-1-5(14)3-7(6)15/h1-4H,14-15H2,(H,16,18,19). The zero-order valence-corrected chi connectivity index (χ0v) is 12.7. The lowest BCUT2D eigenvalue weighted by atomic mass is 10.1. The van der Waals surface area contributed by atoms with Gasteiger partial charge in [-0.3, -0.25) is 4.79 Å². The molecule has 1 amide bonds. The second kappa shape index (κ2) is 5.54. The fourth-order valence-corrected chi connectivity index (χ4v) is 2.30. The number of anilines is 3. The molecule has 8 heteroatoms. The Balaban J connectivity index is 2.25. The molecule has 98 valence electrons. The Kier molecular flexibility index (Phi) is 4.01. The molecule has 6 nitrogen and oxygen atoms in total. The number of halogens is 2.